The predicted octanol–water partition coefficient (Wildman–Crippen LogP) is 1.35. The number of rotatable bonds is 2. The van der Waals surface area contributed by atoms with E-state index in [1.165, 1.54) is 0 Å². The molecule has 3 heteroatoms. The summed E-state index contributed by atoms with van der Waals surface area (Å²) in [6, 6.07) is 0. The molecule has 48 valence electrons. The number of hydrogen-bond donors (Lipinski definition) is 0. The van der Waals surface area contributed by atoms with Crippen molar-refractivity contribution in [2.75, 3.05) is 0 Å². The SMILES string of the molecule is O=[N+]([O-])C=CC1C=CC1. The van der Waals surface area contributed by atoms with Crippen LogP contribution in [0.2, 0.25) is 0 Å². The molecule has 0 radical (unpaired) electrons. The molecule has 0 fully saturated rings. The van der Waals surface area contributed by atoms with Gasteiger partial charge in [-0.05, 0) is 12.5 Å². The zero-order valence-corrected chi connectivity index (χ0v) is 4.86. The van der Waals surface area contributed by atoms with Crippen LogP contribution in [0.1, 0.15) is 6.42 Å². The molecule has 0 N–H and O–H groups in total. The molecule has 1 atom stereocenters. The second-order valence-corrected chi connectivity index (χ2v) is 1.95. The number of nitrogens with zero attached hydrogens (tertiary/aromatic N) is 1. The van der Waals surface area contributed by atoms with Crippen molar-refractivity contribution in [2.24, 2.45) is 5.92 Å². The molecular weight excluding hydrogens is 118 g/mol. The lowest BCUT2D eigenvalue weighted by Gasteiger charge is -2.09. The molecule has 0 heterocycles. The summed E-state index contributed by atoms with van der Waals surface area (Å²) in [5, 5.41) is 9.74. The maximum Gasteiger partial charge on any atom is 0.231 e. The number of nitro groups is 1. The van der Waals surface area contributed by atoms with Crippen LogP contribution < -0.4 is 0 Å². The van der Waals surface area contributed by atoms with Gasteiger partial charge < -0.3 is 0 Å². The molecular formula is C6H7NO2. The van der Waals surface area contributed by atoms with Gasteiger partial charge in [-0.3, -0.25) is 10.1 Å². The van der Waals surface area contributed by atoms with Gasteiger partial charge in [0.25, 0.3) is 0 Å². The smallest absolute Gasteiger partial charge is 0.231 e. The van der Waals surface area contributed by atoms with Crippen LogP contribution in [0, 0.1) is 16.0 Å². The Bertz CT molecular complexity index is 172. The van der Waals surface area contributed by atoms with Crippen molar-refractivity contribution < 1.29 is 4.92 Å². The van der Waals surface area contributed by atoms with Crippen LogP contribution in [0.4, 0.5) is 0 Å². The quantitative estimate of drug-likeness (QED) is 0.317. The van der Waals surface area contributed by atoms with Gasteiger partial charge in [-0.2, -0.15) is 0 Å². The lowest BCUT2D eigenvalue weighted by molar-refractivity contribution is -0.402. The first kappa shape index (κ1) is 6.01. The van der Waals surface area contributed by atoms with E-state index in [2.05, 4.69) is 0 Å². The van der Waals surface area contributed by atoms with E-state index in [9.17, 15) is 10.1 Å². The number of hydrogen-bond acceptors (Lipinski definition) is 2. The van der Waals surface area contributed by atoms with Crippen LogP contribution in [0.3, 0.4) is 0 Å². The van der Waals surface area contributed by atoms with Crippen LogP contribution in [0.15, 0.2) is 24.4 Å². The predicted molar refractivity (Wildman–Crippen MR) is 33.4 cm³/mol. The Morgan fingerprint density at radius 1 is 1.78 bits per heavy atom. The monoisotopic (exact) mass is 125 g/mol. The van der Waals surface area contributed by atoms with Crippen molar-refractivity contribution in [3.63, 3.8) is 0 Å². The molecule has 0 spiro atoms. The standard InChI is InChI=1S/C6H7NO2/c8-7(9)5-4-6-2-1-3-6/h1-2,4-6H,3H2. The van der Waals surface area contributed by atoms with Crippen molar-refractivity contribution in [1.82, 2.24) is 0 Å². The maximum atomic E-state index is 9.74. The van der Waals surface area contributed by atoms with Gasteiger partial charge in [0.05, 0.1) is 4.92 Å². The summed E-state index contributed by atoms with van der Waals surface area (Å²) in [4.78, 5) is 9.30. The third kappa shape index (κ3) is 1.68. The first-order chi connectivity index (χ1) is 4.29. The molecule has 0 saturated carbocycles. The topological polar surface area (TPSA) is 43.1 Å². The lowest BCUT2D eigenvalue weighted by Crippen LogP contribution is -1.98. The molecule has 0 aromatic carbocycles. The normalized spacial score (nSPS) is 24.2. The molecule has 0 saturated heterocycles. The van der Waals surface area contributed by atoms with E-state index in [0.29, 0.717) is 5.92 Å². The fourth-order valence-corrected chi connectivity index (χ4v) is 0.617. The largest absolute Gasteiger partial charge is 0.259 e. The fraction of sp³-hybridized carbons (Fsp3) is 0.333. The van der Waals surface area contributed by atoms with Gasteiger partial charge in [-0.25, -0.2) is 0 Å². The summed E-state index contributed by atoms with van der Waals surface area (Å²) in [5.41, 5.74) is 0. The lowest BCUT2D eigenvalue weighted by atomic mass is 9.96. The molecule has 3 nitrogen and oxygen atoms in total. The molecule has 0 amide bonds. The van der Waals surface area contributed by atoms with E-state index >= 15 is 0 Å². The van der Waals surface area contributed by atoms with E-state index in [-0.39, 0.29) is 0 Å². The van der Waals surface area contributed by atoms with E-state index in [1.54, 1.807) is 6.08 Å². The minimum atomic E-state index is -0.438. The van der Waals surface area contributed by atoms with Crippen LogP contribution in [-0.4, -0.2) is 4.92 Å². The molecule has 0 bridgehead atoms. The molecule has 1 aliphatic carbocycles. The van der Waals surface area contributed by atoms with Crippen LogP contribution in [0.5, 0.6) is 0 Å². The Kier molecular flexibility index (Phi) is 1.63. The fourth-order valence-electron chi connectivity index (χ4n) is 0.617. The van der Waals surface area contributed by atoms with E-state index < -0.39 is 4.92 Å². The Balaban J connectivity index is 2.32. The second kappa shape index (κ2) is 2.44. The van der Waals surface area contributed by atoms with Crippen LogP contribution >= 0.6 is 0 Å². The summed E-state index contributed by atoms with van der Waals surface area (Å²) in [6.45, 7) is 0. The Morgan fingerprint density at radius 3 is 2.78 bits per heavy atom. The first-order valence-electron chi connectivity index (χ1n) is 2.77. The summed E-state index contributed by atoms with van der Waals surface area (Å²) in [7, 11) is 0. The van der Waals surface area contributed by atoms with Gasteiger partial charge in [0, 0.05) is 5.92 Å². The Morgan fingerprint density at radius 2 is 2.44 bits per heavy atom. The summed E-state index contributed by atoms with van der Waals surface area (Å²) < 4.78 is 0. The second-order valence-electron chi connectivity index (χ2n) is 1.95. The highest BCUT2D eigenvalue weighted by molar-refractivity contribution is 5.09. The minimum absolute atomic E-state index is 0.315. The van der Waals surface area contributed by atoms with Gasteiger partial charge in [-0.15, -0.1) is 0 Å². The van der Waals surface area contributed by atoms with Gasteiger partial charge in [-0.1, -0.05) is 12.2 Å². The van der Waals surface area contributed by atoms with E-state index in [1.807, 2.05) is 12.2 Å². The third-order valence-corrected chi connectivity index (χ3v) is 1.25. The van der Waals surface area contributed by atoms with Crippen molar-refractivity contribution in [1.29, 1.82) is 0 Å². The van der Waals surface area contributed by atoms with E-state index in [0.717, 1.165) is 12.6 Å². The highest BCUT2D eigenvalue weighted by Crippen LogP contribution is 2.17. The molecule has 1 unspecified atom stereocenters. The molecule has 0 aromatic rings. The molecule has 1 aliphatic rings. The Hall–Kier alpha value is -1.12. The van der Waals surface area contributed by atoms with E-state index in [4.69, 9.17) is 0 Å². The van der Waals surface area contributed by atoms with Crippen LogP contribution in [0.25, 0.3) is 0 Å². The average Bonchev–Trinajstić information content (AvgIpc) is 1.60. The molecule has 0 aliphatic heterocycles. The zero-order chi connectivity index (χ0) is 6.69. The van der Waals surface area contributed by atoms with Crippen molar-refractivity contribution in [3.8, 4) is 0 Å². The first-order valence-corrected chi connectivity index (χ1v) is 2.77. The minimum Gasteiger partial charge on any atom is -0.259 e. The molecule has 0 aromatic heterocycles. The average molecular weight is 125 g/mol. The summed E-state index contributed by atoms with van der Waals surface area (Å²) in [6.07, 6.45) is 7.48. The van der Waals surface area contributed by atoms with Gasteiger partial charge in [0.15, 0.2) is 0 Å². The van der Waals surface area contributed by atoms with Crippen molar-refractivity contribution in [2.45, 2.75) is 6.42 Å². The summed E-state index contributed by atoms with van der Waals surface area (Å²) in [5.74, 6) is 0.315. The molecule has 1 rings (SSSR count). The highest BCUT2D eigenvalue weighted by Gasteiger charge is 2.05. The maximum absolute atomic E-state index is 9.74. The van der Waals surface area contributed by atoms with Gasteiger partial charge >= 0.3 is 0 Å². The van der Waals surface area contributed by atoms with Crippen molar-refractivity contribution in [3.05, 3.63) is 34.5 Å². The van der Waals surface area contributed by atoms with Crippen molar-refractivity contribution >= 4 is 0 Å². The Labute approximate surface area is 52.8 Å². The van der Waals surface area contributed by atoms with Gasteiger partial charge in [0.1, 0.15) is 0 Å². The highest BCUT2D eigenvalue weighted by atomic mass is 16.6. The molecule has 9 heavy (non-hydrogen) atoms. The summed E-state index contributed by atoms with van der Waals surface area (Å²) >= 11 is 0. The van der Waals surface area contributed by atoms with Crippen LogP contribution in [-0.2, 0) is 0 Å². The van der Waals surface area contributed by atoms with Gasteiger partial charge in [0.2, 0.25) is 6.20 Å². The number of allylic oxidation sites excluding steroid dienone is 3. The zero-order valence-electron chi connectivity index (χ0n) is 4.86. The third-order valence-electron chi connectivity index (χ3n) is 1.25.